The number of nitro groups is 1. The summed E-state index contributed by atoms with van der Waals surface area (Å²) in [5, 5.41) is 11.4. The minimum atomic E-state index is -0.415. The van der Waals surface area contributed by atoms with Crippen molar-refractivity contribution < 1.29 is 9.66 Å². The quantitative estimate of drug-likeness (QED) is 0.681. The van der Waals surface area contributed by atoms with Crippen molar-refractivity contribution in [2.45, 2.75) is 44.4 Å². The molecule has 1 fully saturated rings. The summed E-state index contributed by atoms with van der Waals surface area (Å²) >= 11 is 5.87. The van der Waals surface area contributed by atoms with E-state index in [0.717, 1.165) is 25.7 Å². The maximum absolute atomic E-state index is 10.9. The van der Waals surface area contributed by atoms with Gasteiger partial charge in [-0.25, -0.2) is 0 Å². The maximum atomic E-state index is 10.9. The molecule has 2 atom stereocenters. The molecule has 5 nitrogen and oxygen atoms in total. The van der Waals surface area contributed by atoms with E-state index in [1.54, 1.807) is 6.07 Å². The van der Waals surface area contributed by atoms with E-state index in [2.05, 4.69) is 0 Å². The molecule has 0 radical (unpaired) electrons. The number of ether oxygens (including phenoxy) is 1. The molecular weight excluding hydrogens is 268 g/mol. The number of hydrogen-bond acceptors (Lipinski definition) is 4. The third-order valence-electron chi connectivity index (χ3n) is 3.38. The van der Waals surface area contributed by atoms with Crippen LogP contribution in [0.5, 0.6) is 0 Å². The summed E-state index contributed by atoms with van der Waals surface area (Å²) in [6.07, 6.45) is 3.93. The number of rotatable bonds is 4. The Morgan fingerprint density at radius 3 is 2.95 bits per heavy atom. The smallest absolute Gasteiger partial charge is 0.275 e. The molecule has 2 rings (SSSR count). The predicted octanol–water partition coefficient (Wildman–Crippen LogP) is 3.03. The van der Waals surface area contributed by atoms with Crippen LogP contribution in [-0.4, -0.2) is 17.1 Å². The molecule has 6 heteroatoms. The molecule has 1 aliphatic carbocycles. The van der Waals surface area contributed by atoms with Gasteiger partial charge in [-0.2, -0.15) is 0 Å². The molecule has 1 saturated carbocycles. The lowest BCUT2D eigenvalue weighted by Crippen LogP contribution is -2.32. The zero-order valence-electron chi connectivity index (χ0n) is 10.5. The van der Waals surface area contributed by atoms with Gasteiger partial charge in [0.15, 0.2) is 0 Å². The standard InChI is InChI=1S/C13H17ClN2O3/c14-10-4-5-13(16(17)18)9(6-10)8-19-12-3-1-2-11(15)7-12/h4-6,11-12H,1-3,7-8,15H2. The Kier molecular flexibility index (Phi) is 4.74. The zero-order chi connectivity index (χ0) is 13.8. The van der Waals surface area contributed by atoms with Crippen molar-refractivity contribution in [2.24, 2.45) is 5.73 Å². The molecule has 19 heavy (non-hydrogen) atoms. The molecule has 0 spiro atoms. The van der Waals surface area contributed by atoms with Crippen molar-refractivity contribution in [3.8, 4) is 0 Å². The summed E-state index contributed by atoms with van der Waals surface area (Å²) in [5.41, 5.74) is 6.44. The van der Waals surface area contributed by atoms with E-state index in [9.17, 15) is 10.1 Å². The van der Waals surface area contributed by atoms with Crippen molar-refractivity contribution >= 4 is 17.3 Å². The summed E-state index contributed by atoms with van der Waals surface area (Å²) in [4.78, 5) is 10.5. The summed E-state index contributed by atoms with van der Waals surface area (Å²) in [6.45, 7) is 0.203. The van der Waals surface area contributed by atoms with Gasteiger partial charge in [0.1, 0.15) is 0 Å². The number of hydrogen-bond donors (Lipinski definition) is 1. The minimum Gasteiger partial charge on any atom is -0.373 e. The highest BCUT2D eigenvalue weighted by Crippen LogP contribution is 2.26. The molecule has 1 aromatic carbocycles. The molecule has 2 unspecified atom stereocenters. The Morgan fingerprint density at radius 2 is 2.26 bits per heavy atom. The lowest BCUT2D eigenvalue weighted by Gasteiger charge is -2.26. The third kappa shape index (κ3) is 3.89. The highest BCUT2D eigenvalue weighted by molar-refractivity contribution is 6.30. The SMILES string of the molecule is NC1CCCC(OCc2cc(Cl)ccc2[N+](=O)[O-])C1. The fourth-order valence-electron chi connectivity index (χ4n) is 2.39. The van der Waals surface area contributed by atoms with E-state index in [0.29, 0.717) is 10.6 Å². The third-order valence-corrected chi connectivity index (χ3v) is 3.61. The minimum absolute atomic E-state index is 0.0458. The van der Waals surface area contributed by atoms with Crippen LogP contribution in [0, 0.1) is 10.1 Å². The number of halogens is 1. The first-order chi connectivity index (χ1) is 9.06. The van der Waals surface area contributed by atoms with E-state index in [1.165, 1.54) is 12.1 Å². The molecule has 0 saturated heterocycles. The van der Waals surface area contributed by atoms with Crippen LogP contribution in [0.2, 0.25) is 5.02 Å². The number of nitro benzene ring substituents is 1. The van der Waals surface area contributed by atoms with Gasteiger partial charge in [0, 0.05) is 17.1 Å². The molecular formula is C13H17ClN2O3. The second-order valence-corrected chi connectivity index (χ2v) is 5.33. The van der Waals surface area contributed by atoms with E-state index in [4.69, 9.17) is 22.1 Å². The Bertz CT molecular complexity index is 467. The van der Waals surface area contributed by atoms with Gasteiger partial charge in [0.2, 0.25) is 0 Å². The molecule has 0 heterocycles. The Balaban J connectivity index is 2.02. The van der Waals surface area contributed by atoms with Crippen molar-refractivity contribution in [1.82, 2.24) is 0 Å². The van der Waals surface area contributed by atoms with Gasteiger partial charge in [-0.05, 0) is 37.8 Å². The topological polar surface area (TPSA) is 78.4 Å². The van der Waals surface area contributed by atoms with E-state index >= 15 is 0 Å². The molecule has 0 aromatic heterocycles. The van der Waals surface area contributed by atoms with Gasteiger partial charge in [-0.1, -0.05) is 11.6 Å². The molecule has 1 aromatic rings. The highest BCUT2D eigenvalue weighted by Gasteiger charge is 2.21. The van der Waals surface area contributed by atoms with Crippen LogP contribution in [0.4, 0.5) is 5.69 Å². The Morgan fingerprint density at radius 1 is 1.47 bits per heavy atom. The summed E-state index contributed by atoms with van der Waals surface area (Å²) in [7, 11) is 0. The van der Waals surface area contributed by atoms with Gasteiger partial charge in [-0.3, -0.25) is 10.1 Å². The lowest BCUT2D eigenvalue weighted by atomic mass is 9.93. The average Bonchev–Trinajstić information content (AvgIpc) is 2.36. The number of benzene rings is 1. The zero-order valence-corrected chi connectivity index (χ0v) is 11.3. The van der Waals surface area contributed by atoms with Gasteiger partial charge in [-0.15, -0.1) is 0 Å². The van der Waals surface area contributed by atoms with Crippen LogP contribution in [0.1, 0.15) is 31.2 Å². The first kappa shape index (κ1) is 14.2. The van der Waals surface area contributed by atoms with E-state index < -0.39 is 4.92 Å². The van der Waals surface area contributed by atoms with Gasteiger partial charge < -0.3 is 10.5 Å². The fourth-order valence-corrected chi connectivity index (χ4v) is 2.58. The molecule has 0 bridgehead atoms. The lowest BCUT2D eigenvalue weighted by molar-refractivity contribution is -0.386. The first-order valence-electron chi connectivity index (χ1n) is 6.36. The van der Waals surface area contributed by atoms with Gasteiger partial charge in [0.05, 0.1) is 23.2 Å². The summed E-state index contributed by atoms with van der Waals surface area (Å²) in [6, 6.07) is 4.68. The van der Waals surface area contributed by atoms with Crippen LogP contribution in [0.3, 0.4) is 0 Å². The van der Waals surface area contributed by atoms with E-state index in [-0.39, 0.29) is 24.4 Å². The summed E-state index contributed by atoms with van der Waals surface area (Å²) in [5.74, 6) is 0. The molecule has 0 aliphatic heterocycles. The van der Waals surface area contributed by atoms with Crippen LogP contribution in [-0.2, 0) is 11.3 Å². The highest BCUT2D eigenvalue weighted by atomic mass is 35.5. The van der Waals surface area contributed by atoms with E-state index in [1.807, 2.05) is 0 Å². The molecule has 1 aliphatic rings. The van der Waals surface area contributed by atoms with Crippen molar-refractivity contribution in [3.05, 3.63) is 38.9 Å². The van der Waals surface area contributed by atoms with Crippen molar-refractivity contribution in [3.63, 3.8) is 0 Å². The van der Waals surface area contributed by atoms with Crippen molar-refractivity contribution in [2.75, 3.05) is 0 Å². The largest absolute Gasteiger partial charge is 0.373 e. The maximum Gasteiger partial charge on any atom is 0.275 e. The van der Waals surface area contributed by atoms with Gasteiger partial charge in [0.25, 0.3) is 5.69 Å². The molecule has 2 N–H and O–H groups in total. The van der Waals surface area contributed by atoms with Gasteiger partial charge >= 0.3 is 0 Å². The van der Waals surface area contributed by atoms with Crippen LogP contribution < -0.4 is 5.73 Å². The number of nitrogens with two attached hydrogens (primary N) is 1. The predicted molar refractivity (Wildman–Crippen MR) is 73.1 cm³/mol. The Labute approximate surface area is 116 Å². The van der Waals surface area contributed by atoms with Crippen molar-refractivity contribution in [1.29, 1.82) is 0 Å². The first-order valence-corrected chi connectivity index (χ1v) is 6.74. The second-order valence-electron chi connectivity index (χ2n) is 4.89. The second kappa shape index (κ2) is 6.32. The van der Waals surface area contributed by atoms with Crippen LogP contribution in [0.15, 0.2) is 18.2 Å². The van der Waals surface area contributed by atoms with Crippen LogP contribution in [0.25, 0.3) is 0 Å². The Hall–Kier alpha value is -1.17. The normalized spacial score (nSPS) is 23.3. The fraction of sp³-hybridized carbons (Fsp3) is 0.538. The summed E-state index contributed by atoms with van der Waals surface area (Å²) < 4.78 is 5.74. The number of nitrogens with zero attached hydrogens (tertiary/aromatic N) is 1. The monoisotopic (exact) mass is 284 g/mol. The van der Waals surface area contributed by atoms with Crippen LogP contribution >= 0.6 is 11.6 Å². The average molecular weight is 285 g/mol. The molecule has 0 amide bonds. The molecule has 104 valence electrons.